The van der Waals surface area contributed by atoms with E-state index in [0.717, 1.165) is 10.6 Å². The van der Waals surface area contributed by atoms with Crippen molar-refractivity contribution < 1.29 is 17.9 Å². The second-order valence-electron chi connectivity index (χ2n) is 4.55. The largest absolute Gasteiger partial charge is 0.476 e. The van der Waals surface area contributed by atoms with Gasteiger partial charge in [-0.25, -0.2) is 8.42 Å². The average Bonchev–Trinajstić information content (AvgIpc) is 2.42. The van der Waals surface area contributed by atoms with Crippen molar-refractivity contribution in [3.8, 4) is 5.75 Å². The van der Waals surface area contributed by atoms with Crippen molar-refractivity contribution in [2.24, 2.45) is 0 Å². The number of fused-ring (bicyclic) bond motifs is 1. The van der Waals surface area contributed by atoms with Gasteiger partial charge in [0, 0.05) is 11.6 Å². The highest BCUT2D eigenvalue weighted by Crippen LogP contribution is 2.36. The Hall–Kier alpha value is -1.73. The van der Waals surface area contributed by atoms with Gasteiger partial charge in [0.15, 0.2) is 6.10 Å². The van der Waals surface area contributed by atoms with E-state index in [2.05, 4.69) is 11.9 Å². The lowest BCUT2D eigenvalue weighted by Crippen LogP contribution is -2.50. The predicted molar refractivity (Wildman–Crippen MR) is 81.3 cm³/mol. The molecule has 1 atom stereocenters. The minimum absolute atomic E-state index is 0.102. The van der Waals surface area contributed by atoms with E-state index in [9.17, 15) is 13.2 Å². The van der Waals surface area contributed by atoms with Crippen molar-refractivity contribution in [1.82, 2.24) is 5.32 Å². The lowest BCUT2D eigenvalue weighted by Gasteiger charge is -2.34. The van der Waals surface area contributed by atoms with Crippen molar-refractivity contribution in [3.05, 3.63) is 35.9 Å². The normalized spacial score (nSPS) is 17.6. The van der Waals surface area contributed by atoms with Gasteiger partial charge >= 0.3 is 0 Å². The van der Waals surface area contributed by atoms with Crippen LogP contribution >= 0.6 is 11.6 Å². The molecule has 1 unspecified atom stereocenters. The summed E-state index contributed by atoms with van der Waals surface area (Å²) in [6, 6.07) is 4.61. The standard InChI is InChI=1S/C13H15ClN2O4S/c1-3-6-15-13(17)12-8-16(21(2,18)19)10-7-9(14)4-5-11(10)20-12/h3-5,7,12H,1,6,8H2,2H3,(H,15,17). The molecule has 0 radical (unpaired) electrons. The zero-order chi connectivity index (χ0) is 15.6. The molecule has 0 bridgehead atoms. The lowest BCUT2D eigenvalue weighted by atomic mass is 10.2. The molecule has 0 saturated heterocycles. The first-order valence-electron chi connectivity index (χ1n) is 6.15. The molecule has 0 spiro atoms. The fourth-order valence-corrected chi connectivity index (χ4v) is 3.03. The van der Waals surface area contributed by atoms with E-state index in [0.29, 0.717) is 16.5 Å². The summed E-state index contributed by atoms with van der Waals surface area (Å²) >= 11 is 5.89. The van der Waals surface area contributed by atoms with Crippen LogP contribution in [0.2, 0.25) is 5.02 Å². The summed E-state index contributed by atoms with van der Waals surface area (Å²) in [7, 11) is -3.55. The molecule has 114 valence electrons. The number of nitrogens with one attached hydrogen (secondary N) is 1. The first-order chi connectivity index (χ1) is 9.82. The van der Waals surface area contributed by atoms with Crippen molar-refractivity contribution in [2.45, 2.75) is 6.10 Å². The lowest BCUT2D eigenvalue weighted by molar-refractivity contribution is -0.127. The molecule has 1 heterocycles. The summed E-state index contributed by atoms with van der Waals surface area (Å²) in [6.07, 6.45) is 1.68. The summed E-state index contributed by atoms with van der Waals surface area (Å²) in [6.45, 7) is 3.68. The number of hydrogen-bond donors (Lipinski definition) is 1. The Balaban J connectivity index is 2.36. The number of carbonyl (C=O) groups is 1. The van der Waals surface area contributed by atoms with E-state index in [1.807, 2.05) is 0 Å². The fourth-order valence-electron chi connectivity index (χ4n) is 1.96. The molecule has 1 N–H and O–H groups in total. The van der Waals surface area contributed by atoms with Gasteiger partial charge in [0.05, 0.1) is 18.5 Å². The Morgan fingerprint density at radius 3 is 2.95 bits per heavy atom. The third kappa shape index (κ3) is 3.48. The first kappa shape index (κ1) is 15.7. The maximum absolute atomic E-state index is 12.0. The maximum atomic E-state index is 12.0. The highest BCUT2D eigenvalue weighted by atomic mass is 35.5. The van der Waals surface area contributed by atoms with Gasteiger partial charge < -0.3 is 10.1 Å². The van der Waals surface area contributed by atoms with Crippen molar-refractivity contribution >= 4 is 33.2 Å². The minimum Gasteiger partial charge on any atom is -0.476 e. The molecule has 1 aliphatic heterocycles. The quantitative estimate of drug-likeness (QED) is 0.841. The van der Waals surface area contributed by atoms with Gasteiger partial charge in [-0.3, -0.25) is 9.10 Å². The summed E-state index contributed by atoms with van der Waals surface area (Å²) in [5, 5.41) is 2.98. The van der Waals surface area contributed by atoms with Gasteiger partial charge in [-0.1, -0.05) is 17.7 Å². The van der Waals surface area contributed by atoms with Crippen LogP contribution in [-0.4, -0.2) is 39.8 Å². The van der Waals surface area contributed by atoms with Gasteiger partial charge in [-0.05, 0) is 18.2 Å². The van der Waals surface area contributed by atoms with Gasteiger partial charge in [0.25, 0.3) is 5.91 Å². The maximum Gasteiger partial charge on any atom is 0.263 e. The number of amides is 1. The molecular weight excluding hydrogens is 316 g/mol. The van der Waals surface area contributed by atoms with Gasteiger partial charge in [-0.15, -0.1) is 6.58 Å². The van der Waals surface area contributed by atoms with Gasteiger partial charge in [0.2, 0.25) is 10.0 Å². The average molecular weight is 331 g/mol. The molecule has 1 amide bonds. The molecule has 0 saturated carbocycles. The number of anilines is 1. The van der Waals surface area contributed by atoms with E-state index < -0.39 is 22.0 Å². The molecule has 1 aliphatic rings. The smallest absolute Gasteiger partial charge is 0.263 e. The van der Waals surface area contributed by atoms with Crippen LogP contribution in [0.5, 0.6) is 5.75 Å². The SMILES string of the molecule is C=CCNC(=O)C1CN(S(C)(=O)=O)c2cc(Cl)ccc2O1. The topological polar surface area (TPSA) is 75.7 Å². The number of nitrogens with zero attached hydrogens (tertiary/aromatic N) is 1. The van der Waals surface area contributed by atoms with Crippen LogP contribution in [-0.2, 0) is 14.8 Å². The number of sulfonamides is 1. The second kappa shape index (κ2) is 5.95. The van der Waals surface area contributed by atoms with Crippen LogP contribution in [0.15, 0.2) is 30.9 Å². The number of halogens is 1. The molecular formula is C13H15ClN2O4S. The van der Waals surface area contributed by atoms with E-state index in [1.54, 1.807) is 12.1 Å². The van der Waals surface area contributed by atoms with Crippen LogP contribution < -0.4 is 14.4 Å². The van der Waals surface area contributed by atoms with Crippen LogP contribution in [0.4, 0.5) is 5.69 Å². The highest BCUT2D eigenvalue weighted by Gasteiger charge is 2.34. The second-order valence-corrected chi connectivity index (χ2v) is 6.89. The number of hydrogen-bond acceptors (Lipinski definition) is 4. The Morgan fingerprint density at radius 2 is 2.33 bits per heavy atom. The van der Waals surface area contributed by atoms with E-state index in [4.69, 9.17) is 16.3 Å². The number of ether oxygens (including phenoxy) is 1. The first-order valence-corrected chi connectivity index (χ1v) is 8.38. The Morgan fingerprint density at radius 1 is 1.62 bits per heavy atom. The Labute approximate surface area is 128 Å². The monoisotopic (exact) mass is 330 g/mol. The molecule has 21 heavy (non-hydrogen) atoms. The van der Waals surface area contributed by atoms with Crippen molar-refractivity contribution in [2.75, 3.05) is 23.7 Å². The van der Waals surface area contributed by atoms with Crippen LogP contribution in [0.25, 0.3) is 0 Å². The van der Waals surface area contributed by atoms with Gasteiger partial charge in [-0.2, -0.15) is 0 Å². The molecule has 0 fully saturated rings. The zero-order valence-corrected chi connectivity index (χ0v) is 12.9. The summed E-state index contributed by atoms with van der Waals surface area (Å²) in [4.78, 5) is 12.0. The summed E-state index contributed by atoms with van der Waals surface area (Å²) in [5.41, 5.74) is 0.331. The summed E-state index contributed by atoms with van der Waals surface area (Å²) < 4.78 is 30.5. The minimum atomic E-state index is -3.55. The predicted octanol–water partition coefficient (Wildman–Crippen LogP) is 1.17. The van der Waals surface area contributed by atoms with Crippen LogP contribution in [0.1, 0.15) is 0 Å². The number of rotatable bonds is 4. The molecule has 0 aliphatic carbocycles. The van der Waals surface area contributed by atoms with E-state index in [1.165, 1.54) is 12.1 Å². The van der Waals surface area contributed by atoms with E-state index in [-0.39, 0.29) is 13.1 Å². The molecule has 6 nitrogen and oxygen atoms in total. The van der Waals surface area contributed by atoms with Crippen LogP contribution in [0.3, 0.4) is 0 Å². The molecule has 8 heteroatoms. The highest BCUT2D eigenvalue weighted by molar-refractivity contribution is 7.92. The molecule has 2 rings (SSSR count). The number of benzene rings is 1. The number of carbonyl (C=O) groups excluding carboxylic acids is 1. The van der Waals surface area contributed by atoms with Gasteiger partial charge in [0.1, 0.15) is 5.75 Å². The molecule has 1 aromatic carbocycles. The molecule has 0 aromatic heterocycles. The molecule has 1 aromatic rings. The summed E-state index contributed by atoms with van der Waals surface area (Å²) in [5.74, 6) is -0.0982. The van der Waals surface area contributed by atoms with Crippen molar-refractivity contribution in [1.29, 1.82) is 0 Å². The third-order valence-electron chi connectivity index (χ3n) is 2.90. The van der Waals surface area contributed by atoms with Crippen molar-refractivity contribution in [3.63, 3.8) is 0 Å². The van der Waals surface area contributed by atoms with Crippen LogP contribution in [0, 0.1) is 0 Å². The zero-order valence-electron chi connectivity index (χ0n) is 11.4. The fraction of sp³-hybridized carbons (Fsp3) is 0.308. The Bertz CT molecular complexity index is 675. The van der Waals surface area contributed by atoms with E-state index >= 15 is 0 Å². The Kier molecular flexibility index (Phi) is 4.43. The third-order valence-corrected chi connectivity index (χ3v) is 4.29.